The van der Waals surface area contributed by atoms with Crippen LogP contribution >= 0.6 is 31.9 Å². The third-order valence-electron chi connectivity index (χ3n) is 4.20. The number of halogens is 2. The Bertz CT molecular complexity index is 186. The molecule has 0 amide bonds. The molecule has 12 heavy (non-hydrogen) atoms. The van der Waals surface area contributed by atoms with Gasteiger partial charge in [-0.15, -0.1) is 0 Å². The van der Waals surface area contributed by atoms with Crippen molar-refractivity contribution in [2.45, 2.75) is 35.3 Å². The molecule has 0 saturated heterocycles. The number of rotatable bonds is 0. The van der Waals surface area contributed by atoms with Gasteiger partial charge in [-0.3, -0.25) is 0 Å². The normalized spacial score (nSPS) is 62.5. The Balaban J connectivity index is 1.93. The molecule has 0 N–H and O–H groups in total. The highest BCUT2D eigenvalue weighted by molar-refractivity contribution is 9.10. The fourth-order valence-corrected chi connectivity index (χ4v) is 6.13. The molecule has 4 saturated carbocycles. The Morgan fingerprint density at radius 3 is 1.92 bits per heavy atom. The maximum atomic E-state index is 3.89. The summed E-state index contributed by atoms with van der Waals surface area (Å²) in [4.78, 5) is 1.66. The number of hydrogen-bond donors (Lipinski definition) is 0. The molecule has 2 heteroatoms. The molecule has 5 unspecified atom stereocenters. The minimum absolute atomic E-state index is 0.828. The molecular weight excluding hydrogens is 280 g/mol. The Labute approximate surface area is 90.7 Å². The van der Waals surface area contributed by atoms with Gasteiger partial charge in [0.1, 0.15) is 0 Å². The highest BCUT2D eigenvalue weighted by Gasteiger charge is 2.51. The van der Waals surface area contributed by atoms with Crippen molar-refractivity contribution in [2.75, 3.05) is 0 Å². The lowest BCUT2D eigenvalue weighted by atomic mass is 9.56. The number of hydrogen-bond acceptors (Lipinski definition) is 0. The van der Waals surface area contributed by atoms with Crippen molar-refractivity contribution in [1.29, 1.82) is 0 Å². The van der Waals surface area contributed by atoms with E-state index >= 15 is 0 Å². The van der Waals surface area contributed by atoms with E-state index in [9.17, 15) is 0 Å². The second kappa shape index (κ2) is 2.73. The van der Waals surface area contributed by atoms with Gasteiger partial charge in [0, 0.05) is 9.65 Å². The molecule has 0 spiro atoms. The Morgan fingerprint density at radius 2 is 1.33 bits per heavy atom. The molecular formula is C10H14Br2. The van der Waals surface area contributed by atoms with Crippen molar-refractivity contribution < 1.29 is 0 Å². The topological polar surface area (TPSA) is 0 Å². The minimum atomic E-state index is 0.828. The summed E-state index contributed by atoms with van der Waals surface area (Å²) in [5, 5.41) is 0. The highest BCUT2D eigenvalue weighted by atomic mass is 79.9. The molecule has 0 aromatic heterocycles. The quantitative estimate of drug-likeness (QED) is 0.599. The molecule has 0 aliphatic heterocycles. The summed E-state index contributed by atoms with van der Waals surface area (Å²) in [7, 11) is 0. The fraction of sp³-hybridized carbons (Fsp3) is 1.00. The molecule has 68 valence electrons. The van der Waals surface area contributed by atoms with E-state index < -0.39 is 0 Å². The van der Waals surface area contributed by atoms with Gasteiger partial charge in [-0.1, -0.05) is 31.9 Å². The van der Waals surface area contributed by atoms with Crippen molar-refractivity contribution in [3.63, 3.8) is 0 Å². The lowest BCUT2D eigenvalue weighted by molar-refractivity contribution is 0.0379. The first-order valence-electron chi connectivity index (χ1n) is 5.04. The van der Waals surface area contributed by atoms with Crippen LogP contribution in [0.2, 0.25) is 0 Å². The van der Waals surface area contributed by atoms with Crippen molar-refractivity contribution in [3.05, 3.63) is 0 Å². The van der Waals surface area contributed by atoms with Gasteiger partial charge in [0.2, 0.25) is 0 Å². The third kappa shape index (κ3) is 1.00. The Kier molecular flexibility index (Phi) is 1.88. The summed E-state index contributed by atoms with van der Waals surface area (Å²) >= 11 is 7.78. The summed E-state index contributed by atoms with van der Waals surface area (Å²) in [6.45, 7) is 0. The van der Waals surface area contributed by atoms with E-state index in [0.717, 1.165) is 33.3 Å². The molecule has 4 bridgehead atoms. The van der Waals surface area contributed by atoms with Gasteiger partial charge in [0.25, 0.3) is 0 Å². The Hall–Kier alpha value is 0.960. The van der Waals surface area contributed by atoms with Crippen LogP contribution in [0.15, 0.2) is 0 Å². The maximum Gasteiger partial charge on any atom is 0.0213 e. The predicted molar refractivity (Wildman–Crippen MR) is 57.9 cm³/mol. The summed E-state index contributed by atoms with van der Waals surface area (Å²) in [6.07, 6.45) is 6.00. The maximum absolute atomic E-state index is 3.89. The first-order valence-corrected chi connectivity index (χ1v) is 6.87. The zero-order valence-electron chi connectivity index (χ0n) is 7.05. The van der Waals surface area contributed by atoms with E-state index in [0.29, 0.717) is 0 Å². The third-order valence-corrected chi connectivity index (χ3v) is 7.06. The molecule has 0 aromatic carbocycles. The van der Waals surface area contributed by atoms with Gasteiger partial charge in [-0.25, -0.2) is 0 Å². The molecule has 0 nitrogen and oxygen atoms in total. The van der Waals surface area contributed by atoms with Crippen molar-refractivity contribution in [1.82, 2.24) is 0 Å². The lowest BCUT2D eigenvalue weighted by Gasteiger charge is -2.55. The highest BCUT2D eigenvalue weighted by Crippen LogP contribution is 2.57. The average Bonchev–Trinajstić information content (AvgIpc) is 2.07. The van der Waals surface area contributed by atoms with E-state index in [2.05, 4.69) is 31.9 Å². The van der Waals surface area contributed by atoms with Gasteiger partial charge in [0.15, 0.2) is 0 Å². The molecule has 0 heterocycles. The summed E-state index contributed by atoms with van der Waals surface area (Å²) in [5.41, 5.74) is 0. The van der Waals surface area contributed by atoms with Crippen LogP contribution < -0.4 is 0 Å². The van der Waals surface area contributed by atoms with Crippen LogP contribution in [0.5, 0.6) is 0 Å². The molecule has 4 rings (SSSR count). The minimum Gasteiger partial charge on any atom is -0.0884 e. The predicted octanol–water partition coefficient (Wildman–Crippen LogP) is 3.58. The van der Waals surface area contributed by atoms with Crippen molar-refractivity contribution in [2.24, 2.45) is 23.7 Å². The lowest BCUT2D eigenvalue weighted by Crippen LogP contribution is -2.51. The largest absolute Gasteiger partial charge is 0.0884 e. The smallest absolute Gasteiger partial charge is 0.0213 e. The average molecular weight is 294 g/mol. The second-order valence-electron chi connectivity index (χ2n) is 4.88. The van der Waals surface area contributed by atoms with Crippen molar-refractivity contribution >= 4 is 31.9 Å². The van der Waals surface area contributed by atoms with Crippen LogP contribution in [0.1, 0.15) is 25.7 Å². The van der Waals surface area contributed by atoms with E-state index in [1.807, 2.05) is 0 Å². The monoisotopic (exact) mass is 292 g/mol. The van der Waals surface area contributed by atoms with Gasteiger partial charge < -0.3 is 0 Å². The zero-order valence-corrected chi connectivity index (χ0v) is 10.2. The summed E-state index contributed by atoms with van der Waals surface area (Å²) in [6, 6.07) is 0. The molecule has 0 radical (unpaired) electrons. The molecule has 0 aromatic rings. The van der Waals surface area contributed by atoms with Gasteiger partial charge in [0.05, 0.1) is 0 Å². The molecule has 4 aliphatic rings. The zero-order chi connectivity index (χ0) is 8.29. The van der Waals surface area contributed by atoms with Crippen LogP contribution in [0.25, 0.3) is 0 Å². The standard InChI is InChI=1S/C10H14Br2/c11-9-6-1-5-2-7(4-6)10(12)8(9)3-5/h5-10H,1-4H2/t5?,6?,7?,8?,9-,10?/m1/s1. The van der Waals surface area contributed by atoms with Crippen LogP contribution in [0.3, 0.4) is 0 Å². The SMILES string of the molecule is BrC1C2CC3CC(C2)[C@@H](Br)C1C3. The van der Waals surface area contributed by atoms with Crippen LogP contribution in [0.4, 0.5) is 0 Å². The summed E-state index contributed by atoms with van der Waals surface area (Å²) in [5.74, 6) is 4.06. The van der Waals surface area contributed by atoms with Crippen LogP contribution in [-0.4, -0.2) is 9.65 Å². The molecule has 6 atom stereocenters. The first-order chi connectivity index (χ1) is 5.75. The molecule has 4 fully saturated rings. The van der Waals surface area contributed by atoms with E-state index in [4.69, 9.17) is 0 Å². The molecule has 4 aliphatic carbocycles. The van der Waals surface area contributed by atoms with Gasteiger partial charge in [-0.05, 0) is 49.4 Å². The van der Waals surface area contributed by atoms with E-state index in [1.165, 1.54) is 25.7 Å². The van der Waals surface area contributed by atoms with E-state index in [-0.39, 0.29) is 0 Å². The van der Waals surface area contributed by atoms with Gasteiger partial charge in [-0.2, -0.15) is 0 Å². The summed E-state index contributed by atoms with van der Waals surface area (Å²) < 4.78 is 0. The number of alkyl halides is 2. The van der Waals surface area contributed by atoms with E-state index in [1.54, 1.807) is 0 Å². The van der Waals surface area contributed by atoms with Gasteiger partial charge >= 0.3 is 0 Å². The van der Waals surface area contributed by atoms with Crippen LogP contribution in [0, 0.1) is 23.7 Å². The van der Waals surface area contributed by atoms with Crippen molar-refractivity contribution in [3.8, 4) is 0 Å². The van der Waals surface area contributed by atoms with Crippen LogP contribution in [-0.2, 0) is 0 Å². The fourth-order valence-electron chi connectivity index (χ4n) is 3.77. The Morgan fingerprint density at radius 1 is 0.750 bits per heavy atom. The first kappa shape index (κ1) is 8.28. The second-order valence-corrected chi connectivity index (χ2v) is 7.00.